The lowest BCUT2D eigenvalue weighted by molar-refractivity contribution is -0.144. The lowest BCUT2D eigenvalue weighted by atomic mass is 9.74. The Morgan fingerprint density at radius 1 is 1.06 bits per heavy atom. The van der Waals surface area contributed by atoms with E-state index in [4.69, 9.17) is 0 Å². The number of aryl methyl sites for hydroxylation is 2. The second-order valence-corrected chi connectivity index (χ2v) is 5.60. The van der Waals surface area contributed by atoms with E-state index < -0.39 is 11.4 Å². The number of rotatable bonds is 2. The van der Waals surface area contributed by atoms with Crippen LogP contribution in [0.1, 0.15) is 55.2 Å². The van der Waals surface area contributed by atoms with E-state index in [1.807, 2.05) is 6.07 Å². The summed E-state index contributed by atoms with van der Waals surface area (Å²) in [6.07, 6.45) is 5.95. The molecule has 1 aliphatic carbocycles. The molecule has 1 aromatic carbocycles. The average molecular weight is 246 g/mol. The lowest BCUT2D eigenvalue weighted by Gasteiger charge is -2.29. The van der Waals surface area contributed by atoms with E-state index in [0.29, 0.717) is 0 Å². The first kappa shape index (κ1) is 13.1. The van der Waals surface area contributed by atoms with Crippen LogP contribution in [-0.2, 0) is 10.2 Å². The highest BCUT2D eigenvalue weighted by molar-refractivity contribution is 5.81. The highest BCUT2D eigenvalue weighted by Gasteiger charge is 2.40. The smallest absolute Gasteiger partial charge is 0.314 e. The van der Waals surface area contributed by atoms with E-state index in [9.17, 15) is 9.90 Å². The molecular weight excluding hydrogens is 224 g/mol. The Labute approximate surface area is 109 Å². The molecule has 98 valence electrons. The topological polar surface area (TPSA) is 37.3 Å². The molecule has 2 rings (SSSR count). The van der Waals surface area contributed by atoms with Crippen molar-refractivity contribution in [2.75, 3.05) is 0 Å². The van der Waals surface area contributed by atoms with Gasteiger partial charge in [0.15, 0.2) is 0 Å². The van der Waals surface area contributed by atoms with E-state index in [1.54, 1.807) is 0 Å². The fourth-order valence-electron chi connectivity index (χ4n) is 3.00. The number of carboxylic acid groups (broad SMARTS) is 1. The standard InChI is InChI=1S/C16H22O2/c1-12-7-8-14(11-13(12)2)16(15(17)18)9-5-3-4-6-10-16/h7-8,11H,3-6,9-10H2,1-2H3,(H,17,18). The van der Waals surface area contributed by atoms with Crippen molar-refractivity contribution in [1.82, 2.24) is 0 Å². The zero-order valence-electron chi connectivity index (χ0n) is 11.3. The van der Waals surface area contributed by atoms with E-state index in [-0.39, 0.29) is 0 Å². The van der Waals surface area contributed by atoms with Gasteiger partial charge in [0.1, 0.15) is 0 Å². The second kappa shape index (κ2) is 5.13. The van der Waals surface area contributed by atoms with E-state index in [1.165, 1.54) is 24.0 Å². The van der Waals surface area contributed by atoms with Crippen LogP contribution in [0.5, 0.6) is 0 Å². The lowest BCUT2D eigenvalue weighted by Crippen LogP contribution is -2.35. The molecule has 18 heavy (non-hydrogen) atoms. The third-order valence-electron chi connectivity index (χ3n) is 4.43. The summed E-state index contributed by atoms with van der Waals surface area (Å²) >= 11 is 0. The molecule has 2 heteroatoms. The van der Waals surface area contributed by atoms with E-state index in [2.05, 4.69) is 26.0 Å². The van der Waals surface area contributed by atoms with Crippen molar-refractivity contribution >= 4 is 5.97 Å². The van der Waals surface area contributed by atoms with Gasteiger partial charge in [0.05, 0.1) is 5.41 Å². The summed E-state index contributed by atoms with van der Waals surface area (Å²) in [4.78, 5) is 11.8. The van der Waals surface area contributed by atoms with Gasteiger partial charge in [-0.25, -0.2) is 0 Å². The van der Waals surface area contributed by atoms with Crippen LogP contribution in [0, 0.1) is 13.8 Å². The summed E-state index contributed by atoms with van der Waals surface area (Å²) in [6, 6.07) is 6.15. The van der Waals surface area contributed by atoms with Gasteiger partial charge in [-0.05, 0) is 43.4 Å². The van der Waals surface area contributed by atoms with Crippen LogP contribution in [0.25, 0.3) is 0 Å². The quantitative estimate of drug-likeness (QED) is 0.801. The van der Waals surface area contributed by atoms with Crippen LogP contribution in [-0.4, -0.2) is 11.1 Å². The molecule has 0 radical (unpaired) electrons. The number of carbonyl (C=O) groups is 1. The normalized spacial score (nSPS) is 19.2. The van der Waals surface area contributed by atoms with Crippen molar-refractivity contribution in [1.29, 1.82) is 0 Å². The zero-order valence-corrected chi connectivity index (χ0v) is 11.3. The van der Waals surface area contributed by atoms with Crippen molar-refractivity contribution in [3.63, 3.8) is 0 Å². The fraction of sp³-hybridized carbons (Fsp3) is 0.562. The number of hydrogen-bond acceptors (Lipinski definition) is 1. The molecule has 0 aromatic heterocycles. The maximum Gasteiger partial charge on any atom is 0.314 e. The molecule has 0 atom stereocenters. The van der Waals surface area contributed by atoms with E-state index >= 15 is 0 Å². The van der Waals surface area contributed by atoms with Crippen molar-refractivity contribution in [3.8, 4) is 0 Å². The molecule has 0 spiro atoms. The van der Waals surface area contributed by atoms with Crippen LogP contribution < -0.4 is 0 Å². The van der Waals surface area contributed by atoms with Gasteiger partial charge in [0.25, 0.3) is 0 Å². The third kappa shape index (κ3) is 2.29. The van der Waals surface area contributed by atoms with Crippen LogP contribution in [0.15, 0.2) is 18.2 Å². The molecular formula is C16H22O2. The van der Waals surface area contributed by atoms with Gasteiger partial charge >= 0.3 is 5.97 Å². The molecule has 0 heterocycles. The first-order chi connectivity index (χ1) is 8.56. The molecule has 1 aromatic rings. The largest absolute Gasteiger partial charge is 0.481 e. The number of aliphatic carboxylic acids is 1. The van der Waals surface area contributed by atoms with Crippen molar-refractivity contribution in [3.05, 3.63) is 34.9 Å². The van der Waals surface area contributed by atoms with Crippen molar-refractivity contribution < 1.29 is 9.90 Å². The highest BCUT2D eigenvalue weighted by Crippen LogP contribution is 2.39. The molecule has 1 aliphatic rings. The Morgan fingerprint density at radius 2 is 1.67 bits per heavy atom. The Bertz CT molecular complexity index is 440. The Hall–Kier alpha value is -1.31. The molecule has 0 bridgehead atoms. The summed E-state index contributed by atoms with van der Waals surface area (Å²) in [5, 5.41) is 9.73. The van der Waals surface area contributed by atoms with Crippen molar-refractivity contribution in [2.24, 2.45) is 0 Å². The molecule has 1 saturated carbocycles. The zero-order chi connectivity index (χ0) is 13.2. The van der Waals surface area contributed by atoms with Crippen LogP contribution in [0.3, 0.4) is 0 Å². The SMILES string of the molecule is Cc1ccc(C2(C(=O)O)CCCCCC2)cc1C. The number of carboxylic acids is 1. The summed E-state index contributed by atoms with van der Waals surface area (Å²) in [5.74, 6) is -0.646. The van der Waals surface area contributed by atoms with E-state index in [0.717, 1.165) is 31.2 Å². The highest BCUT2D eigenvalue weighted by atomic mass is 16.4. The Kier molecular flexibility index (Phi) is 3.74. The minimum atomic E-state index is -0.646. The summed E-state index contributed by atoms with van der Waals surface area (Å²) in [6.45, 7) is 4.13. The molecule has 1 N–H and O–H groups in total. The van der Waals surface area contributed by atoms with Gasteiger partial charge in [-0.3, -0.25) is 4.79 Å². The summed E-state index contributed by atoms with van der Waals surface area (Å²) in [7, 11) is 0. The second-order valence-electron chi connectivity index (χ2n) is 5.60. The van der Waals surface area contributed by atoms with Crippen LogP contribution in [0.4, 0.5) is 0 Å². The Morgan fingerprint density at radius 3 is 2.17 bits per heavy atom. The first-order valence-electron chi connectivity index (χ1n) is 6.87. The van der Waals surface area contributed by atoms with Crippen LogP contribution in [0.2, 0.25) is 0 Å². The fourth-order valence-corrected chi connectivity index (χ4v) is 3.00. The number of hydrogen-bond donors (Lipinski definition) is 1. The predicted molar refractivity (Wildman–Crippen MR) is 72.9 cm³/mol. The van der Waals surface area contributed by atoms with Gasteiger partial charge in [-0.1, -0.05) is 43.9 Å². The average Bonchev–Trinajstić information content (AvgIpc) is 2.59. The maximum absolute atomic E-state index is 11.8. The molecule has 0 unspecified atom stereocenters. The first-order valence-corrected chi connectivity index (χ1v) is 6.87. The molecule has 1 fully saturated rings. The summed E-state index contributed by atoms with van der Waals surface area (Å²) < 4.78 is 0. The molecule has 2 nitrogen and oxygen atoms in total. The van der Waals surface area contributed by atoms with Gasteiger partial charge in [-0.2, -0.15) is 0 Å². The van der Waals surface area contributed by atoms with Crippen molar-refractivity contribution in [2.45, 2.75) is 57.8 Å². The van der Waals surface area contributed by atoms with Gasteiger partial charge in [0, 0.05) is 0 Å². The predicted octanol–water partition coefficient (Wildman–Crippen LogP) is 3.98. The minimum absolute atomic E-state index is 0.644. The summed E-state index contributed by atoms with van der Waals surface area (Å²) in [5.41, 5.74) is 2.78. The third-order valence-corrected chi connectivity index (χ3v) is 4.43. The molecule has 0 amide bonds. The number of benzene rings is 1. The molecule has 0 saturated heterocycles. The monoisotopic (exact) mass is 246 g/mol. The van der Waals surface area contributed by atoms with Gasteiger partial charge in [-0.15, -0.1) is 0 Å². The van der Waals surface area contributed by atoms with Gasteiger partial charge in [0.2, 0.25) is 0 Å². The maximum atomic E-state index is 11.8. The molecule has 0 aliphatic heterocycles. The van der Waals surface area contributed by atoms with Crippen LogP contribution >= 0.6 is 0 Å². The van der Waals surface area contributed by atoms with Gasteiger partial charge < -0.3 is 5.11 Å². The minimum Gasteiger partial charge on any atom is -0.481 e. The Balaban J connectivity index is 2.45.